The van der Waals surface area contributed by atoms with Crippen LogP contribution in [0.3, 0.4) is 0 Å². The highest BCUT2D eigenvalue weighted by atomic mass is 19.1. The third-order valence-corrected chi connectivity index (χ3v) is 7.66. The quantitative estimate of drug-likeness (QED) is 0.501. The highest BCUT2D eigenvalue weighted by Gasteiger charge is 2.34. The first-order chi connectivity index (χ1) is 20.1. The number of benzene rings is 1. The number of carbonyl (C=O) groups excluding carboxylic acids is 3. The van der Waals surface area contributed by atoms with Gasteiger partial charge in [0.25, 0.3) is 11.8 Å². The standard InChI is InChI=1S/C29H39FN6O6/c1-29(2,3)41-28(39)36-12-8-20(9-13-36)40-17-24-33-25(34-42-24)18-6-7-21(22(30)14-18)26(37)32-19-15-23(31-16-19)27(38)35-10-4-5-11-35/h6-7,14,19-20,23,31H,4-5,8-13,15-17H2,1-3H3,(H,32,37)/t19-,23-/m0/s1. The number of aromatic nitrogens is 2. The fourth-order valence-electron chi connectivity index (χ4n) is 5.44. The number of hydrogen-bond donors (Lipinski definition) is 2. The van der Waals surface area contributed by atoms with Crippen LogP contribution in [0.2, 0.25) is 0 Å². The summed E-state index contributed by atoms with van der Waals surface area (Å²) in [6, 6.07) is 3.55. The summed E-state index contributed by atoms with van der Waals surface area (Å²) in [5.74, 6) is -0.760. The van der Waals surface area contributed by atoms with Crippen LogP contribution in [-0.4, -0.2) is 94.4 Å². The maximum absolute atomic E-state index is 15.0. The molecule has 12 nitrogen and oxygen atoms in total. The van der Waals surface area contributed by atoms with Gasteiger partial charge in [-0.05, 0) is 65.0 Å². The number of carbonyl (C=O) groups is 3. The van der Waals surface area contributed by atoms with E-state index < -0.39 is 17.3 Å². The summed E-state index contributed by atoms with van der Waals surface area (Å²) in [5, 5.41) is 9.94. The first-order valence-corrected chi connectivity index (χ1v) is 14.6. The summed E-state index contributed by atoms with van der Waals surface area (Å²) in [6.45, 7) is 8.66. The van der Waals surface area contributed by atoms with E-state index in [2.05, 4.69) is 20.8 Å². The molecule has 2 aromatic rings. The lowest BCUT2D eigenvalue weighted by Gasteiger charge is -2.33. The van der Waals surface area contributed by atoms with Gasteiger partial charge in [-0.1, -0.05) is 11.2 Å². The van der Waals surface area contributed by atoms with Crippen LogP contribution in [0.1, 0.15) is 69.1 Å². The second-order valence-corrected chi connectivity index (χ2v) is 12.1. The summed E-state index contributed by atoms with van der Waals surface area (Å²) in [7, 11) is 0. The number of nitrogens with zero attached hydrogens (tertiary/aromatic N) is 4. The molecule has 5 rings (SSSR count). The molecule has 3 fully saturated rings. The van der Waals surface area contributed by atoms with Crippen molar-refractivity contribution < 1.29 is 32.8 Å². The molecule has 1 aromatic heterocycles. The van der Waals surface area contributed by atoms with Crippen molar-refractivity contribution in [2.45, 2.75) is 83.3 Å². The number of hydrogen-bond acceptors (Lipinski definition) is 9. The third kappa shape index (κ3) is 7.43. The molecule has 2 N–H and O–H groups in total. The van der Waals surface area contributed by atoms with Crippen LogP contribution in [-0.2, 0) is 20.9 Å². The zero-order valence-electron chi connectivity index (χ0n) is 24.4. The van der Waals surface area contributed by atoms with Crippen molar-refractivity contribution in [3.05, 3.63) is 35.5 Å². The van der Waals surface area contributed by atoms with Gasteiger partial charge in [-0.3, -0.25) is 9.59 Å². The van der Waals surface area contributed by atoms with Gasteiger partial charge in [-0.25, -0.2) is 9.18 Å². The van der Waals surface area contributed by atoms with Gasteiger partial charge in [0.1, 0.15) is 18.0 Å². The van der Waals surface area contributed by atoms with Crippen molar-refractivity contribution in [3.8, 4) is 11.4 Å². The molecule has 2 atom stereocenters. The van der Waals surface area contributed by atoms with E-state index in [4.69, 9.17) is 14.0 Å². The smallest absolute Gasteiger partial charge is 0.410 e. The number of halogens is 1. The van der Waals surface area contributed by atoms with E-state index in [0.717, 1.165) is 25.9 Å². The van der Waals surface area contributed by atoms with Gasteiger partial charge in [-0.15, -0.1) is 0 Å². The van der Waals surface area contributed by atoms with E-state index in [9.17, 15) is 18.8 Å². The second kappa shape index (κ2) is 12.7. The number of piperidine rings is 1. The molecule has 13 heteroatoms. The SMILES string of the molecule is CC(C)(C)OC(=O)N1CCC(OCc2nc(-c3ccc(C(=O)N[C@@H]4CN[C@H](C(=O)N5CCCC5)C4)c(F)c3)no2)CC1. The number of rotatable bonds is 7. The van der Waals surface area contributed by atoms with Crippen molar-refractivity contribution in [1.29, 1.82) is 0 Å². The highest BCUT2D eigenvalue weighted by molar-refractivity contribution is 5.95. The highest BCUT2D eigenvalue weighted by Crippen LogP contribution is 2.22. The molecule has 42 heavy (non-hydrogen) atoms. The van der Waals surface area contributed by atoms with Crippen LogP contribution in [0.15, 0.2) is 22.7 Å². The predicted octanol–water partition coefficient (Wildman–Crippen LogP) is 2.87. The molecule has 0 unspecified atom stereocenters. The first-order valence-electron chi connectivity index (χ1n) is 14.6. The summed E-state index contributed by atoms with van der Waals surface area (Å²) in [5.41, 5.74) is -0.274. The lowest BCUT2D eigenvalue weighted by atomic mass is 10.1. The molecular formula is C29H39FN6O6. The Labute approximate surface area is 244 Å². The Morgan fingerprint density at radius 3 is 2.55 bits per heavy atom. The average molecular weight is 587 g/mol. The molecule has 0 spiro atoms. The lowest BCUT2D eigenvalue weighted by Crippen LogP contribution is -2.43. The molecule has 228 valence electrons. The van der Waals surface area contributed by atoms with E-state index in [-0.39, 0.29) is 54.1 Å². The molecule has 0 radical (unpaired) electrons. The van der Waals surface area contributed by atoms with Crippen molar-refractivity contribution in [3.63, 3.8) is 0 Å². The van der Waals surface area contributed by atoms with Gasteiger partial charge in [0.05, 0.1) is 17.7 Å². The molecule has 0 bridgehead atoms. The summed E-state index contributed by atoms with van der Waals surface area (Å²) in [4.78, 5) is 45.5. The minimum atomic E-state index is -0.708. The summed E-state index contributed by atoms with van der Waals surface area (Å²) >= 11 is 0. The van der Waals surface area contributed by atoms with Crippen LogP contribution < -0.4 is 10.6 Å². The molecule has 3 saturated heterocycles. The molecular weight excluding hydrogens is 547 g/mol. The van der Waals surface area contributed by atoms with Gasteiger partial charge in [-0.2, -0.15) is 4.98 Å². The predicted molar refractivity (Wildman–Crippen MR) is 149 cm³/mol. The monoisotopic (exact) mass is 586 g/mol. The number of amides is 3. The largest absolute Gasteiger partial charge is 0.444 e. The van der Waals surface area contributed by atoms with Crippen LogP contribution in [0, 0.1) is 5.82 Å². The van der Waals surface area contributed by atoms with Crippen molar-refractivity contribution in [2.75, 3.05) is 32.7 Å². The van der Waals surface area contributed by atoms with E-state index in [0.29, 0.717) is 44.5 Å². The molecule has 3 amide bonds. The molecule has 4 heterocycles. The Balaban J connectivity index is 1.09. The molecule has 0 saturated carbocycles. The minimum absolute atomic E-state index is 0.0632. The van der Waals surface area contributed by atoms with Gasteiger partial charge in [0.2, 0.25) is 11.7 Å². The molecule has 3 aliphatic rings. The van der Waals surface area contributed by atoms with Crippen molar-refractivity contribution in [1.82, 2.24) is 30.6 Å². The maximum atomic E-state index is 15.0. The normalized spacial score (nSPS) is 21.5. The minimum Gasteiger partial charge on any atom is -0.444 e. The molecule has 1 aromatic carbocycles. The molecule has 3 aliphatic heterocycles. The fraction of sp³-hybridized carbons (Fsp3) is 0.621. The van der Waals surface area contributed by atoms with Crippen molar-refractivity contribution in [2.24, 2.45) is 0 Å². The van der Waals surface area contributed by atoms with Gasteiger partial charge < -0.3 is 34.4 Å². The van der Waals surface area contributed by atoms with Crippen LogP contribution in [0.25, 0.3) is 11.4 Å². The Bertz CT molecular complexity index is 1280. The maximum Gasteiger partial charge on any atom is 0.410 e. The summed E-state index contributed by atoms with van der Waals surface area (Å²) < 4.78 is 31.6. The summed E-state index contributed by atoms with van der Waals surface area (Å²) in [6.07, 6.45) is 3.42. The number of ether oxygens (including phenoxy) is 2. The average Bonchev–Trinajstić information content (AvgIpc) is 3.73. The number of likely N-dealkylation sites (tertiary alicyclic amines) is 2. The van der Waals surface area contributed by atoms with E-state index in [1.807, 2.05) is 25.7 Å². The van der Waals surface area contributed by atoms with Gasteiger partial charge in [0.15, 0.2) is 0 Å². The number of nitrogens with one attached hydrogen (secondary N) is 2. The van der Waals surface area contributed by atoms with Crippen molar-refractivity contribution >= 4 is 17.9 Å². The zero-order chi connectivity index (χ0) is 29.9. The third-order valence-electron chi connectivity index (χ3n) is 7.66. The second-order valence-electron chi connectivity index (χ2n) is 12.1. The van der Waals surface area contributed by atoms with Crippen LogP contribution in [0.5, 0.6) is 0 Å². The van der Waals surface area contributed by atoms with Gasteiger partial charge in [0, 0.05) is 44.3 Å². The Morgan fingerprint density at radius 1 is 1.12 bits per heavy atom. The lowest BCUT2D eigenvalue weighted by molar-refractivity contribution is -0.132. The Morgan fingerprint density at radius 2 is 1.86 bits per heavy atom. The Kier molecular flexibility index (Phi) is 9.07. The van der Waals surface area contributed by atoms with E-state index in [1.54, 1.807) is 11.0 Å². The van der Waals surface area contributed by atoms with E-state index >= 15 is 0 Å². The fourth-order valence-corrected chi connectivity index (χ4v) is 5.44. The van der Waals surface area contributed by atoms with Gasteiger partial charge >= 0.3 is 6.09 Å². The first kappa shape index (κ1) is 29.9. The zero-order valence-corrected chi connectivity index (χ0v) is 24.4. The van der Waals surface area contributed by atoms with Crippen LogP contribution >= 0.6 is 0 Å². The van der Waals surface area contributed by atoms with Crippen LogP contribution in [0.4, 0.5) is 9.18 Å². The molecule has 0 aliphatic carbocycles. The Hall–Kier alpha value is -3.58. The topological polar surface area (TPSA) is 139 Å². The van der Waals surface area contributed by atoms with E-state index in [1.165, 1.54) is 12.1 Å².